The molecule has 0 aliphatic rings. The highest BCUT2D eigenvalue weighted by atomic mass is 16.4. The van der Waals surface area contributed by atoms with Crippen LogP contribution in [-0.4, -0.2) is 11.5 Å². The normalized spacial score (nSPS) is 10.8. The van der Waals surface area contributed by atoms with Gasteiger partial charge in [-0.25, -0.2) is 4.79 Å². The molecule has 0 aliphatic carbocycles. The molecule has 0 atom stereocenters. The van der Waals surface area contributed by atoms with Gasteiger partial charge in [-0.15, -0.1) is 0 Å². The van der Waals surface area contributed by atoms with Crippen LogP contribution in [0.1, 0.15) is 5.56 Å². The summed E-state index contributed by atoms with van der Waals surface area (Å²) < 4.78 is 4.96. The van der Waals surface area contributed by atoms with Crippen LogP contribution in [0.25, 0.3) is 11.1 Å². The number of hydrogen-bond donors (Lipinski definition) is 3. The molecule has 5 nitrogen and oxygen atoms in total. The van der Waals surface area contributed by atoms with Crippen LogP contribution in [-0.2, 0) is 6.42 Å². The molecule has 0 unspecified atom stereocenters. The van der Waals surface area contributed by atoms with E-state index < -0.39 is 5.76 Å². The molecule has 0 fully saturated rings. The van der Waals surface area contributed by atoms with Crippen molar-refractivity contribution in [3.63, 3.8) is 0 Å². The van der Waals surface area contributed by atoms with E-state index in [1.165, 1.54) is 5.56 Å². The Morgan fingerprint density at radius 2 is 2.00 bits per heavy atom. The number of nitrogens with two attached hydrogens (primary N) is 1. The molecular formula is C15H15N3O2. The summed E-state index contributed by atoms with van der Waals surface area (Å²) in [7, 11) is 0. The Kier molecular flexibility index (Phi) is 3.16. The first kappa shape index (κ1) is 12.3. The third-order valence-electron chi connectivity index (χ3n) is 3.16. The topological polar surface area (TPSA) is 84.0 Å². The van der Waals surface area contributed by atoms with Crippen molar-refractivity contribution in [3.05, 3.63) is 58.6 Å². The molecule has 0 saturated carbocycles. The third kappa shape index (κ3) is 2.51. The summed E-state index contributed by atoms with van der Waals surface area (Å²) in [6, 6.07) is 13.7. The number of hydrogen-bond acceptors (Lipinski definition) is 4. The average Bonchev–Trinajstić information content (AvgIpc) is 2.79. The van der Waals surface area contributed by atoms with Gasteiger partial charge in [-0.05, 0) is 18.1 Å². The van der Waals surface area contributed by atoms with E-state index in [1.807, 2.05) is 18.2 Å². The molecule has 3 aromatic rings. The van der Waals surface area contributed by atoms with E-state index in [2.05, 4.69) is 22.4 Å². The molecule has 1 heterocycles. The first-order chi connectivity index (χ1) is 9.72. The molecule has 0 aliphatic heterocycles. The smallest absolute Gasteiger partial charge is 0.408 e. The van der Waals surface area contributed by atoms with Crippen LogP contribution < -0.4 is 16.8 Å². The van der Waals surface area contributed by atoms with Gasteiger partial charge >= 0.3 is 5.76 Å². The van der Waals surface area contributed by atoms with Crippen molar-refractivity contribution >= 4 is 22.5 Å². The van der Waals surface area contributed by atoms with Gasteiger partial charge < -0.3 is 15.5 Å². The quantitative estimate of drug-likeness (QED) is 0.635. The van der Waals surface area contributed by atoms with Crippen molar-refractivity contribution in [3.8, 4) is 0 Å². The summed E-state index contributed by atoms with van der Waals surface area (Å²) in [5, 5.41) is 3.27. The van der Waals surface area contributed by atoms with Gasteiger partial charge in [-0.1, -0.05) is 30.3 Å². The molecule has 20 heavy (non-hydrogen) atoms. The molecule has 4 N–H and O–H groups in total. The van der Waals surface area contributed by atoms with E-state index >= 15 is 0 Å². The molecule has 0 bridgehead atoms. The Labute approximate surface area is 115 Å². The second kappa shape index (κ2) is 5.13. The predicted molar refractivity (Wildman–Crippen MR) is 79.9 cm³/mol. The maximum absolute atomic E-state index is 11.1. The zero-order valence-electron chi connectivity index (χ0n) is 10.8. The lowest BCUT2D eigenvalue weighted by molar-refractivity contribution is 0.555. The van der Waals surface area contributed by atoms with Crippen molar-refractivity contribution in [2.24, 2.45) is 0 Å². The fourth-order valence-corrected chi connectivity index (χ4v) is 2.15. The number of aromatic nitrogens is 1. The van der Waals surface area contributed by atoms with Crippen LogP contribution in [0.5, 0.6) is 0 Å². The Morgan fingerprint density at radius 3 is 2.80 bits per heavy atom. The number of benzene rings is 2. The van der Waals surface area contributed by atoms with Gasteiger partial charge in [0.15, 0.2) is 5.58 Å². The Morgan fingerprint density at radius 1 is 1.20 bits per heavy atom. The van der Waals surface area contributed by atoms with Crippen LogP contribution >= 0.6 is 0 Å². The van der Waals surface area contributed by atoms with Crippen LogP contribution in [0.4, 0.5) is 11.4 Å². The number of rotatable bonds is 4. The highest BCUT2D eigenvalue weighted by Gasteiger charge is 2.06. The summed E-state index contributed by atoms with van der Waals surface area (Å²) in [5.41, 5.74) is 9.68. The van der Waals surface area contributed by atoms with Crippen molar-refractivity contribution in [1.82, 2.24) is 4.98 Å². The molecule has 0 radical (unpaired) electrons. The van der Waals surface area contributed by atoms with Gasteiger partial charge in [0.2, 0.25) is 0 Å². The zero-order chi connectivity index (χ0) is 13.9. The number of fused-ring (bicyclic) bond motifs is 1. The van der Waals surface area contributed by atoms with Crippen LogP contribution in [0.2, 0.25) is 0 Å². The molecule has 102 valence electrons. The molecule has 0 amide bonds. The molecule has 0 spiro atoms. The largest absolute Gasteiger partial charge is 0.417 e. The van der Waals surface area contributed by atoms with E-state index in [0.717, 1.165) is 18.7 Å². The van der Waals surface area contributed by atoms with Gasteiger partial charge in [-0.3, -0.25) is 4.98 Å². The SMILES string of the molecule is Nc1cc2oc(=O)[nH]c2cc1NCCc1ccccc1. The third-order valence-corrected chi connectivity index (χ3v) is 3.16. The minimum atomic E-state index is -0.471. The first-order valence-corrected chi connectivity index (χ1v) is 6.42. The van der Waals surface area contributed by atoms with E-state index in [0.29, 0.717) is 16.8 Å². The number of aromatic amines is 1. The van der Waals surface area contributed by atoms with Crippen molar-refractivity contribution in [1.29, 1.82) is 0 Å². The van der Waals surface area contributed by atoms with Crippen LogP contribution in [0.3, 0.4) is 0 Å². The van der Waals surface area contributed by atoms with Gasteiger partial charge in [-0.2, -0.15) is 0 Å². The van der Waals surface area contributed by atoms with E-state index in [1.54, 1.807) is 12.1 Å². The predicted octanol–water partition coefficient (Wildman–Crippen LogP) is 2.36. The van der Waals surface area contributed by atoms with Crippen LogP contribution in [0.15, 0.2) is 51.7 Å². The lowest BCUT2D eigenvalue weighted by Crippen LogP contribution is -2.06. The minimum absolute atomic E-state index is 0.471. The molecule has 5 heteroatoms. The lowest BCUT2D eigenvalue weighted by atomic mass is 10.1. The fraction of sp³-hybridized carbons (Fsp3) is 0.133. The van der Waals surface area contributed by atoms with E-state index in [-0.39, 0.29) is 0 Å². The van der Waals surface area contributed by atoms with Crippen molar-refractivity contribution < 1.29 is 4.42 Å². The number of anilines is 2. The molecule has 0 saturated heterocycles. The highest BCUT2D eigenvalue weighted by Crippen LogP contribution is 2.24. The summed E-state index contributed by atoms with van der Waals surface area (Å²) in [5.74, 6) is -0.471. The maximum atomic E-state index is 11.1. The van der Waals surface area contributed by atoms with Crippen LogP contribution in [0, 0.1) is 0 Å². The highest BCUT2D eigenvalue weighted by molar-refractivity contribution is 5.85. The van der Waals surface area contributed by atoms with Crippen molar-refractivity contribution in [2.75, 3.05) is 17.6 Å². The monoisotopic (exact) mass is 269 g/mol. The minimum Gasteiger partial charge on any atom is -0.408 e. The maximum Gasteiger partial charge on any atom is 0.417 e. The zero-order valence-corrected chi connectivity index (χ0v) is 10.8. The molecule has 1 aromatic heterocycles. The van der Waals surface area contributed by atoms with E-state index in [4.69, 9.17) is 10.2 Å². The Hall–Kier alpha value is -2.69. The second-order valence-electron chi connectivity index (χ2n) is 4.61. The summed E-state index contributed by atoms with van der Waals surface area (Å²) in [6.45, 7) is 0.766. The number of H-pyrrole nitrogens is 1. The fourth-order valence-electron chi connectivity index (χ4n) is 2.15. The van der Waals surface area contributed by atoms with Gasteiger partial charge in [0.05, 0.1) is 16.9 Å². The Balaban J connectivity index is 1.74. The summed E-state index contributed by atoms with van der Waals surface area (Å²) in [4.78, 5) is 13.7. The first-order valence-electron chi connectivity index (χ1n) is 6.42. The molecular weight excluding hydrogens is 254 g/mol. The summed E-state index contributed by atoms with van der Waals surface area (Å²) >= 11 is 0. The molecule has 2 aromatic carbocycles. The van der Waals surface area contributed by atoms with Gasteiger partial charge in [0.1, 0.15) is 0 Å². The number of nitrogen functional groups attached to an aromatic ring is 1. The average molecular weight is 269 g/mol. The second-order valence-corrected chi connectivity index (χ2v) is 4.61. The molecule has 3 rings (SSSR count). The number of oxazole rings is 1. The van der Waals surface area contributed by atoms with E-state index in [9.17, 15) is 4.79 Å². The van der Waals surface area contributed by atoms with Gasteiger partial charge in [0.25, 0.3) is 0 Å². The van der Waals surface area contributed by atoms with Gasteiger partial charge in [0, 0.05) is 12.6 Å². The standard InChI is InChI=1S/C15H15N3O2/c16-11-8-14-13(18-15(19)20-14)9-12(11)17-7-6-10-4-2-1-3-5-10/h1-5,8-9,17H,6-7,16H2,(H,18,19). The summed E-state index contributed by atoms with van der Waals surface area (Å²) in [6.07, 6.45) is 0.903. The number of nitrogens with one attached hydrogen (secondary N) is 2. The van der Waals surface area contributed by atoms with Crippen molar-refractivity contribution in [2.45, 2.75) is 6.42 Å². The Bertz CT molecular complexity index is 775. The lowest BCUT2D eigenvalue weighted by Gasteiger charge is -2.09.